The molecule has 6 N–H and O–H groups in total. The molecule has 0 bridgehead atoms. The van der Waals surface area contributed by atoms with Crippen molar-refractivity contribution in [1.82, 2.24) is 16.0 Å². The minimum Gasteiger partial charge on any atom is -0.759 e. The maximum Gasteiger partial charge on any atom is 0.219 e. The standard InChI is InChI=1S/3C19H40N2O2.NO3.H2O4S/c3*1-4-5-6-7-8-9-10-11-12-14-19(23)20-15-13-16-21(2,3)17-18-22;2-1(3)4;1-5(2,3)4/h3*22H,4-18H2,1-3H3;;(H2,1,2,3,4)/q;;;-1;/p+1. The number of amides is 3. The fourth-order valence-corrected chi connectivity index (χ4v) is 8.41. The van der Waals surface area contributed by atoms with Crippen LogP contribution >= 0.6 is 0 Å². The zero-order valence-electron chi connectivity index (χ0n) is 51.4. The van der Waals surface area contributed by atoms with Crippen LogP contribution in [0.4, 0.5) is 0 Å². The monoisotopic (exact) mass is 1150 g/mol. The molecule has 0 aliphatic carbocycles. The van der Waals surface area contributed by atoms with Crippen molar-refractivity contribution in [2.75, 3.05) is 121 Å². The summed E-state index contributed by atoms with van der Waals surface area (Å²) in [6, 6.07) is 0. The Bertz CT molecular complexity index is 1300. The predicted molar refractivity (Wildman–Crippen MR) is 316 cm³/mol. The average Bonchev–Trinajstić information content (AvgIpc) is 3.34. The van der Waals surface area contributed by atoms with Crippen molar-refractivity contribution in [2.24, 2.45) is 0 Å². The SMILES string of the molecule is CCCCCCCCCCCC(=O)NCCC[N+](C)(C)CCO.CCCCCCCCCCCC(=O)NCCC[N+](C)(C)CCO.CCCCCCCCCCCC(=O)NCCC[N+](C)(C)CCO.O=S(=O)([O-])[O-].O=[N+]([O-])[O-]. The van der Waals surface area contributed by atoms with Gasteiger partial charge in [0.15, 0.2) is 0 Å². The maximum atomic E-state index is 11.7. The molecule has 0 unspecified atom stereocenters. The summed E-state index contributed by atoms with van der Waals surface area (Å²) in [6.45, 7) is 14.9. The van der Waals surface area contributed by atoms with E-state index in [1.807, 2.05) is 0 Å². The summed E-state index contributed by atoms with van der Waals surface area (Å²) < 4.78 is 36.5. The highest BCUT2D eigenvalue weighted by atomic mass is 32.3. The number of hydrogen-bond donors (Lipinski definition) is 6. The van der Waals surface area contributed by atoms with E-state index in [-0.39, 0.29) is 37.5 Å². The molecule has 3 amide bonds. The molecule has 78 heavy (non-hydrogen) atoms. The molecule has 0 aromatic carbocycles. The molecule has 0 saturated heterocycles. The first-order valence-electron chi connectivity index (χ1n) is 30.3. The van der Waals surface area contributed by atoms with Gasteiger partial charge in [-0.25, -0.2) is 0 Å². The third kappa shape index (κ3) is 87.1. The molecule has 0 spiro atoms. The van der Waals surface area contributed by atoms with Gasteiger partial charge in [-0.05, 0) is 19.3 Å². The smallest absolute Gasteiger partial charge is 0.219 e. The van der Waals surface area contributed by atoms with Crippen molar-refractivity contribution < 1.29 is 65.8 Å². The van der Waals surface area contributed by atoms with E-state index in [4.69, 9.17) is 48.2 Å². The van der Waals surface area contributed by atoms with Gasteiger partial charge in [0.05, 0.1) is 86.8 Å². The van der Waals surface area contributed by atoms with E-state index in [0.29, 0.717) is 19.3 Å². The Balaban J connectivity index is -0.000000315. The molecule has 470 valence electrons. The molecule has 0 aromatic heterocycles. The molecule has 21 heteroatoms. The van der Waals surface area contributed by atoms with E-state index in [1.165, 1.54) is 154 Å². The van der Waals surface area contributed by atoms with Crippen LogP contribution < -0.4 is 16.0 Å². The predicted octanol–water partition coefficient (Wildman–Crippen LogP) is 8.87. The van der Waals surface area contributed by atoms with Gasteiger partial charge in [-0.3, -0.25) is 22.8 Å². The van der Waals surface area contributed by atoms with E-state index in [0.717, 1.165) is 111 Å². The van der Waals surface area contributed by atoms with Crippen LogP contribution in [0.1, 0.15) is 233 Å². The first-order chi connectivity index (χ1) is 36.8. The minimum absolute atomic E-state index is 0.195. The minimum atomic E-state index is -5.17. The van der Waals surface area contributed by atoms with Gasteiger partial charge in [0, 0.05) is 68.6 Å². The van der Waals surface area contributed by atoms with E-state index < -0.39 is 15.5 Å². The van der Waals surface area contributed by atoms with Crippen LogP contribution in [0.15, 0.2) is 0 Å². The highest BCUT2D eigenvalue weighted by Gasteiger charge is 2.15. The van der Waals surface area contributed by atoms with E-state index in [9.17, 15) is 14.4 Å². The number of unbranched alkanes of at least 4 members (excludes halogenated alkanes) is 24. The second kappa shape index (κ2) is 60.3. The van der Waals surface area contributed by atoms with Gasteiger partial charge in [0.25, 0.3) is 0 Å². The number of rotatable bonds is 48. The number of hydrogen-bond acceptors (Lipinski definition) is 13. The lowest BCUT2D eigenvalue weighted by atomic mass is 10.1. The number of nitrogens with one attached hydrogen (secondary N) is 3. The summed E-state index contributed by atoms with van der Waals surface area (Å²) in [5.41, 5.74) is 0. The average molecular weight is 1150 g/mol. The summed E-state index contributed by atoms with van der Waals surface area (Å²) in [7, 11) is 7.50. The fourth-order valence-electron chi connectivity index (χ4n) is 8.41. The Morgan fingerprint density at radius 2 is 0.538 bits per heavy atom. The Morgan fingerprint density at radius 1 is 0.372 bits per heavy atom. The molecule has 0 aliphatic rings. The lowest BCUT2D eigenvalue weighted by molar-refractivity contribution is -0.890. The number of aliphatic hydroxyl groups is 3. The molecule has 0 heterocycles. The van der Waals surface area contributed by atoms with Gasteiger partial charge in [0.2, 0.25) is 17.7 Å². The largest absolute Gasteiger partial charge is 0.759 e. The first-order valence-corrected chi connectivity index (χ1v) is 31.7. The van der Waals surface area contributed by atoms with Crippen molar-refractivity contribution >= 4 is 28.1 Å². The van der Waals surface area contributed by atoms with Gasteiger partial charge in [-0.15, -0.1) is 0 Å². The van der Waals surface area contributed by atoms with Gasteiger partial charge < -0.3 is 69.1 Å². The van der Waals surface area contributed by atoms with Gasteiger partial charge in [-0.2, -0.15) is 0 Å². The van der Waals surface area contributed by atoms with Crippen LogP contribution in [0, 0.1) is 15.3 Å². The highest BCUT2D eigenvalue weighted by molar-refractivity contribution is 7.79. The Morgan fingerprint density at radius 3 is 0.705 bits per heavy atom. The van der Waals surface area contributed by atoms with Gasteiger partial charge >= 0.3 is 0 Å². The molecule has 0 radical (unpaired) electrons. The summed E-state index contributed by atoms with van der Waals surface area (Å²) in [4.78, 5) is 43.5. The highest BCUT2D eigenvalue weighted by Crippen LogP contribution is 2.13. The Kier molecular flexibility index (Phi) is 65.0. The van der Waals surface area contributed by atoms with Crippen LogP contribution in [0.5, 0.6) is 0 Å². The third-order valence-corrected chi connectivity index (χ3v) is 13.4. The van der Waals surface area contributed by atoms with Crippen LogP contribution in [0.2, 0.25) is 0 Å². The van der Waals surface area contributed by atoms with Crippen molar-refractivity contribution in [1.29, 1.82) is 0 Å². The molecule has 0 rings (SSSR count). The van der Waals surface area contributed by atoms with Gasteiger partial charge in [-0.1, -0.05) is 175 Å². The Hall–Kier alpha value is -2.76. The molecule has 0 aliphatic heterocycles. The molecular weight excluding hydrogens is 1020 g/mol. The summed E-state index contributed by atoms with van der Waals surface area (Å²) in [5.74, 6) is 0.584. The van der Waals surface area contributed by atoms with Crippen molar-refractivity contribution in [2.45, 2.75) is 233 Å². The molecule has 0 fully saturated rings. The molecule has 20 nitrogen and oxygen atoms in total. The zero-order chi connectivity index (χ0) is 60.3. The number of carbonyl (C=O) groups excluding carboxylic acids is 3. The number of aliphatic hydroxyl groups excluding tert-OH is 3. The topological polar surface area (TPSA) is 294 Å². The summed E-state index contributed by atoms with van der Waals surface area (Å²) in [5, 5.41) is 50.7. The molecule has 0 saturated carbocycles. The van der Waals surface area contributed by atoms with Crippen molar-refractivity contribution in [3.05, 3.63) is 15.3 Å². The quantitative estimate of drug-likeness (QED) is 0.00830. The molecule has 0 aromatic rings. The third-order valence-electron chi connectivity index (χ3n) is 13.4. The second-order valence-electron chi connectivity index (χ2n) is 22.8. The molecular formula is C57H123N7O13S. The Labute approximate surface area is 477 Å². The number of likely N-dealkylation sites (N-methyl/N-ethyl adjacent to an activating group) is 3. The number of quaternary nitrogens is 3. The van der Waals surface area contributed by atoms with Crippen molar-refractivity contribution in [3.63, 3.8) is 0 Å². The second-order valence-corrected chi connectivity index (χ2v) is 23.6. The van der Waals surface area contributed by atoms with Gasteiger partial charge in [0.1, 0.15) is 19.6 Å². The molecule has 0 atom stereocenters. The van der Waals surface area contributed by atoms with Crippen molar-refractivity contribution in [3.8, 4) is 0 Å². The lowest BCUT2D eigenvalue weighted by Gasteiger charge is -2.28. The summed E-state index contributed by atoms with van der Waals surface area (Å²) in [6.07, 6.45) is 39.7. The normalized spacial score (nSPS) is 11.4. The van der Waals surface area contributed by atoms with E-state index in [2.05, 4.69) is 79.0 Å². The number of carbonyl (C=O) groups is 3. The lowest BCUT2D eigenvalue weighted by Crippen LogP contribution is -2.43. The zero-order valence-corrected chi connectivity index (χ0v) is 52.3. The first kappa shape index (κ1) is 84.1. The fraction of sp³-hybridized carbons (Fsp3) is 0.947. The maximum absolute atomic E-state index is 11.7. The van der Waals surface area contributed by atoms with E-state index in [1.54, 1.807) is 0 Å². The summed E-state index contributed by atoms with van der Waals surface area (Å²) >= 11 is 0. The van der Waals surface area contributed by atoms with Crippen LogP contribution in [0.3, 0.4) is 0 Å². The van der Waals surface area contributed by atoms with Crippen LogP contribution in [-0.2, 0) is 24.8 Å². The number of nitrogens with zero attached hydrogens (tertiary/aromatic N) is 4. The van der Waals surface area contributed by atoms with E-state index >= 15 is 0 Å². The van der Waals surface area contributed by atoms with Crippen LogP contribution in [-0.4, -0.2) is 190 Å². The van der Waals surface area contributed by atoms with Crippen LogP contribution in [0.25, 0.3) is 0 Å².